The summed E-state index contributed by atoms with van der Waals surface area (Å²) in [5, 5.41) is 4.33. The first-order valence-electron chi connectivity index (χ1n) is 7.90. The van der Waals surface area contributed by atoms with Crippen LogP contribution in [0.5, 0.6) is 0 Å². The second kappa shape index (κ2) is 6.39. The first-order chi connectivity index (χ1) is 10.3. The molecule has 4 heteroatoms. The summed E-state index contributed by atoms with van der Waals surface area (Å²) in [4.78, 5) is 14.5. The number of amides is 1. The van der Waals surface area contributed by atoms with Crippen LogP contribution in [0.2, 0.25) is 0 Å². The van der Waals surface area contributed by atoms with Crippen LogP contribution in [0.4, 0.5) is 0 Å². The summed E-state index contributed by atoms with van der Waals surface area (Å²) in [7, 11) is 0. The molecular formula is C17H23N3O. The van der Waals surface area contributed by atoms with Gasteiger partial charge in [0.05, 0.1) is 0 Å². The molecule has 3 rings (SSSR count). The van der Waals surface area contributed by atoms with E-state index in [2.05, 4.69) is 34.5 Å². The highest BCUT2D eigenvalue weighted by atomic mass is 16.2. The van der Waals surface area contributed by atoms with Crippen LogP contribution in [0.15, 0.2) is 35.4 Å². The van der Waals surface area contributed by atoms with Gasteiger partial charge < -0.3 is 4.90 Å². The van der Waals surface area contributed by atoms with Crippen LogP contribution in [-0.4, -0.2) is 36.2 Å². The van der Waals surface area contributed by atoms with E-state index in [0.29, 0.717) is 5.92 Å². The van der Waals surface area contributed by atoms with Crippen molar-refractivity contribution < 1.29 is 4.79 Å². The molecule has 0 aromatic heterocycles. The van der Waals surface area contributed by atoms with Crippen molar-refractivity contribution in [1.82, 2.24) is 10.3 Å². The fourth-order valence-corrected chi connectivity index (χ4v) is 3.01. The predicted molar refractivity (Wildman–Crippen MR) is 84.2 cm³/mol. The van der Waals surface area contributed by atoms with Crippen LogP contribution < -0.4 is 5.43 Å². The third-order valence-electron chi connectivity index (χ3n) is 4.56. The summed E-state index contributed by atoms with van der Waals surface area (Å²) in [6, 6.07) is 10.3. The van der Waals surface area contributed by atoms with Crippen molar-refractivity contribution in [2.75, 3.05) is 19.6 Å². The number of likely N-dealkylation sites (tertiary alicyclic amines) is 1. The zero-order valence-corrected chi connectivity index (χ0v) is 12.6. The maximum atomic E-state index is 12.1. The normalized spacial score (nSPS) is 25.5. The summed E-state index contributed by atoms with van der Waals surface area (Å²) in [6.07, 6.45) is 2.89. The van der Waals surface area contributed by atoms with Gasteiger partial charge >= 0.3 is 0 Å². The predicted octanol–water partition coefficient (Wildman–Crippen LogP) is 2.38. The fraction of sp³-hybridized carbons (Fsp3) is 0.529. The molecule has 1 amide bonds. The summed E-state index contributed by atoms with van der Waals surface area (Å²) in [6.45, 7) is 5.39. The monoisotopic (exact) mass is 285 g/mol. The number of hydrogen-bond acceptors (Lipinski definition) is 3. The summed E-state index contributed by atoms with van der Waals surface area (Å²) < 4.78 is 0. The van der Waals surface area contributed by atoms with Crippen LogP contribution in [0.1, 0.15) is 37.7 Å². The topological polar surface area (TPSA) is 44.7 Å². The molecule has 1 aliphatic carbocycles. The largest absolute Gasteiger partial charge is 0.303 e. The van der Waals surface area contributed by atoms with Gasteiger partial charge in [-0.2, -0.15) is 5.10 Å². The molecule has 112 valence electrons. The highest BCUT2D eigenvalue weighted by Gasteiger charge is 2.43. The lowest BCUT2D eigenvalue weighted by atomic mass is 10.1. The maximum Gasteiger partial charge on any atom is 0.243 e. The number of hydrazone groups is 1. The maximum absolute atomic E-state index is 12.1. The first kappa shape index (κ1) is 14.3. The van der Waals surface area contributed by atoms with Crippen LogP contribution in [-0.2, 0) is 4.79 Å². The highest BCUT2D eigenvalue weighted by molar-refractivity contribution is 5.88. The average Bonchev–Trinajstić information content (AvgIpc) is 3.35. The van der Waals surface area contributed by atoms with Crippen molar-refractivity contribution in [2.45, 2.75) is 32.1 Å². The van der Waals surface area contributed by atoms with E-state index in [-0.39, 0.29) is 11.8 Å². The van der Waals surface area contributed by atoms with Gasteiger partial charge in [0.15, 0.2) is 0 Å². The average molecular weight is 285 g/mol. The minimum absolute atomic E-state index is 0.0780. The summed E-state index contributed by atoms with van der Waals surface area (Å²) in [5.74, 6) is 0.565. The number of rotatable bonds is 4. The van der Waals surface area contributed by atoms with E-state index in [0.717, 1.165) is 44.6 Å². The van der Waals surface area contributed by atoms with Crippen LogP contribution >= 0.6 is 0 Å². The van der Waals surface area contributed by atoms with Crippen molar-refractivity contribution in [1.29, 1.82) is 0 Å². The molecule has 0 spiro atoms. The van der Waals surface area contributed by atoms with E-state index in [9.17, 15) is 4.79 Å². The molecule has 1 saturated heterocycles. The number of benzene rings is 1. The Labute approximate surface area is 126 Å². The Hall–Kier alpha value is -1.68. The quantitative estimate of drug-likeness (QED) is 0.863. The molecule has 1 aromatic rings. The molecule has 2 atom stereocenters. The number of nitrogens with one attached hydrogen (secondary N) is 1. The third kappa shape index (κ3) is 3.50. The Kier molecular flexibility index (Phi) is 4.34. The number of carbonyl (C=O) groups excluding carboxylic acids is 1. The second-order valence-corrected chi connectivity index (χ2v) is 5.95. The number of piperidine rings is 1. The second-order valence-electron chi connectivity index (χ2n) is 5.95. The van der Waals surface area contributed by atoms with Gasteiger partial charge in [0, 0.05) is 37.6 Å². The molecule has 2 aliphatic rings. The summed E-state index contributed by atoms with van der Waals surface area (Å²) >= 11 is 0. The Balaban J connectivity index is 1.48. The Morgan fingerprint density at radius 1 is 1.29 bits per heavy atom. The van der Waals surface area contributed by atoms with Gasteiger partial charge in [-0.3, -0.25) is 4.79 Å². The van der Waals surface area contributed by atoms with Gasteiger partial charge in [-0.05, 0) is 24.4 Å². The van der Waals surface area contributed by atoms with E-state index in [4.69, 9.17) is 0 Å². The molecular weight excluding hydrogens is 262 g/mol. The van der Waals surface area contributed by atoms with Crippen molar-refractivity contribution in [3.05, 3.63) is 35.9 Å². The zero-order valence-electron chi connectivity index (χ0n) is 12.6. The molecule has 1 saturated carbocycles. The number of nitrogens with zero attached hydrogens (tertiary/aromatic N) is 2. The standard InChI is InChI=1S/C17H23N3O/c1-2-20-10-8-14(9-11-20)18-19-17(21)16-12-15(16)13-6-4-3-5-7-13/h3-7,15-16H,2,8-12H2,1H3,(H,19,21)/t15-,16-/m1/s1. The minimum atomic E-state index is 0.0780. The van der Waals surface area contributed by atoms with Crippen LogP contribution in [0.3, 0.4) is 0 Å². The molecule has 0 bridgehead atoms. The fourth-order valence-electron chi connectivity index (χ4n) is 3.01. The van der Waals surface area contributed by atoms with Crippen molar-refractivity contribution >= 4 is 11.6 Å². The van der Waals surface area contributed by atoms with Crippen molar-refractivity contribution in [2.24, 2.45) is 11.0 Å². The molecule has 1 N–H and O–H groups in total. The molecule has 1 aliphatic heterocycles. The molecule has 1 aromatic carbocycles. The van der Waals surface area contributed by atoms with Gasteiger partial charge in [-0.1, -0.05) is 37.3 Å². The lowest BCUT2D eigenvalue weighted by Crippen LogP contribution is -2.34. The van der Waals surface area contributed by atoms with Crippen molar-refractivity contribution in [3.63, 3.8) is 0 Å². The van der Waals surface area contributed by atoms with E-state index in [1.165, 1.54) is 5.56 Å². The molecule has 0 unspecified atom stereocenters. The SMILES string of the molecule is CCN1CCC(=NNC(=O)[C@@H]2C[C@@H]2c2ccccc2)CC1. The van der Waals surface area contributed by atoms with E-state index >= 15 is 0 Å². The van der Waals surface area contributed by atoms with Gasteiger partial charge in [-0.25, -0.2) is 5.43 Å². The molecule has 21 heavy (non-hydrogen) atoms. The molecule has 0 radical (unpaired) electrons. The van der Waals surface area contributed by atoms with Crippen LogP contribution in [0, 0.1) is 5.92 Å². The van der Waals surface area contributed by atoms with E-state index < -0.39 is 0 Å². The Morgan fingerprint density at radius 3 is 2.67 bits per heavy atom. The van der Waals surface area contributed by atoms with Crippen LogP contribution in [0.25, 0.3) is 0 Å². The minimum Gasteiger partial charge on any atom is -0.303 e. The number of hydrogen-bond donors (Lipinski definition) is 1. The van der Waals surface area contributed by atoms with Gasteiger partial charge in [0.2, 0.25) is 5.91 Å². The molecule has 4 nitrogen and oxygen atoms in total. The smallest absolute Gasteiger partial charge is 0.243 e. The van der Waals surface area contributed by atoms with E-state index in [1.807, 2.05) is 18.2 Å². The lowest BCUT2D eigenvalue weighted by Gasteiger charge is -2.25. The lowest BCUT2D eigenvalue weighted by molar-refractivity contribution is -0.122. The Morgan fingerprint density at radius 2 is 2.00 bits per heavy atom. The van der Waals surface area contributed by atoms with Gasteiger partial charge in [0.1, 0.15) is 0 Å². The summed E-state index contributed by atoms with van der Waals surface area (Å²) in [5.41, 5.74) is 5.17. The molecule has 2 fully saturated rings. The number of carbonyl (C=O) groups is 1. The van der Waals surface area contributed by atoms with Gasteiger partial charge in [-0.15, -0.1) is 0 Å². The molecule has 1 heterocycles. The van der Waals surface area contributed by atoms with E-state index in [1.54, 1.807) is 0 Å². The third-order valence-corrected chi connectivity index (χ3v) is 4.56. The van der Waals surface area contributed by atoms with Crippen molar-refractivity contribution in [3.8, 4) is 0 Å². The zero-order chi connectivity index (χ0) is 14.7. The Bertz CT molecular complexity index is 516. The van der Waals surface area contributed by atoms with Gasteiger partial charge in [0.25, 0.3) is 0 Å². The highest BCUT2D eigenvalue weighted by Crippen LogP contribution is 2.47. The first-order valence-corrected chi connectivity index (χ1v) is 7.90.